The van der Waals surface area contributed by atoms with Crippen LogP contribution < -0.4 is 10.1 Å². The number of nitrogens with zero attached hydrogens (tertiary/aromatic N) is 1. The van der Waals surface area contributed by atoms with Crippen molar-refractivity contribution in [1.29, 1.82) is 0 Å². The highest BCUT2D eigenvalue weighted by Gasteiger charge is 2.31. The lowest BCUT2D eigenvalue weighted by atomic mass is 10.0. The van der Waals surface area contributed by atoms with Crippen molar-refractivity contribution in [2.75, 3.05) is 33.8 Å². The fraction of sp³-hybridized carbons (Fsp3) is 0.588. The van der Waals surface area contributed by atoms with Gasteiger partial charge in [0.25, 0.3) is 5.91 Å². The first-order chi connectivity index (χ1) is 10.5. The van der Waals surface area contributed by atoms with E-state index in [1.54, 1.807) is 12.1 Å². The number of aliphatic hydroxyl groups is 1. The maximum absolute atomic E-state index is 12.3. The third-order valence-electron chi connectivity index (χ3n) is 4.04. The van der Waals surface area contributed by atoms with Crippen LogP contribution in [0.3, 0.4) is 0 Å². The smallest absolute Gasteiger partial charge is 0.255 e. The molecule has 1 amide bonds. The quantitative estimate of drug-likeness (QED) is 0.804. The van der Waals surface area contributed by atoms with Gasteiger partial charge in [0.15, 0.2) is 0 Å². The molecule has 2 N–H and O–H groups in total. The van der Waals surface area contributed by atoms with Crippen LogP contribution >= 0.6 is 0 Å². The number of hydrogen-bond acceptors (Lipinski definition) is 4. The molecule has 0 unspecified atom stereocenters. The van der Waals surface area contributed by atoms with E-state index in [4.69, 9.17) is 4.74 Å². The Labute approximate surface area is 132 Å². The molecule has 0 saturated heterocycles. The summed E-state index contributed by atoms with van der Waals surface area (Å²) in [4.78, 5) is 14.4. The van der Waals surface area contributed by atoms with Crippen LogP contribution in [0.25, 0.3) is 0 Å². The number of nitrogens with one attached hydrogen (secondary N) is 1. The molecule has 0 aliphatic heterocycles. The zero-order valence-corrected chi connectivity index (χ0v) is 13.5. The lowest BCUT2D eigenvalue weighted by Gasteiger charge is -2.22. The molecule has 1 aliphatic rings. The fourth-order valence-corrected chi connectivity index (χ4v) is 2.67. The minimum atomic E-state index is -0.740. The van der Waals surface area contributed by atoms with E-state index < -0.39 is 5.60 Å². The second-order valence-corrected chi connectivity index (χ2v) is 6.26. The second-order valence-electron chi connectivity index (χ2n) is 6.26. The van der Waals surface area contributed by atoms with Crippen molar-refractivity contribution in [3.05, 3.63) is 29.8 Å². The lowest BCUT2D eigenvalue weighted by Crippen LogP contribution is -2.40. The largest absolute Gasteiger partial charge is 0.491 e. The van der Waals surface area contributed by atoms with Crippen LogP contribution in [0.5, 0.6) is 5.75 Å². The van der Waals surface area contributed by atoms with Gasteiger partial charge in [0.1, 0.15) is 12.4 Å². The van der Waals surface area contributed by atoms with E-state index in [2.05, 4.69) is 5.32 Å². The highest BCUT2D eigenvalue weighted by molar-refractivity contribution is 5.96. The number of likely N-dealkylation sites (N-methyl/N-ethyl adjacent to an activating group) is 1. The van der Waals surface area contributed by atoms with Gasteiger partial charge in [-0.25, -0.2) is 0 Å². The van der Waals surface area contributed by atoms with E-state index in [9.17, 15) is 9.90 Å². The van der Waals surface area contributed by atoms with Crippen molar-refractivity contribution in [3.8, 4) is 5.75 Å². The molecule has 2 rings (SSSR count). The molecule has 1 aromatic carbocycles. The van der Waals surface area contributed by atoms with Gasteiger partial charge in [-0.15, -0.1) is 0 Å². The van der Waals surface area contributed by atoms with Crippen LogP contribution in [-0.2, 0) is 0 Å². The van der Waals surface area contributed by atoms with Crippen LogP contribution in [0, 0.1) is 0 Å². The maximum atomic E-state index is 12.3. The van der Waals surface area contributed by atoms with E-state index >= 15 is 0 Å². The number of benzene rings is 1. The van der Waals surface area contributed by atoms with Crippen LogP contribution in [0.15, 0.2) is 24.3 Å². The predicted molar refractivity (Wildman–Crippen MR) is 86.2 cm³/mol. The minimum absolute atomic E-state index is 0.194. The van der Waals surface area contributed by atoms with E-state index in [1.165, 1.54) is 0 Å². The number of ether oxygens (including phenoxy) is 1. The van der Waals surface area contributed by atoms with Gasteiger partial charge in [-0.2, -0.15) is 0 Å². The maximum Gasteiger partial charge on any atom is 0.255 e. The van der Waals surface area contributed by atoms with Crippen LogP contribution in [0.1, 0.15) is 36.0 Å². The van der Waals surface area contributed by atoms with Gasteiger partial charge in [0.05, 0.1) is 11.2 Å². The molecule has 5 nitrogen and oxygen atoms in total. The number of hydrogen-bond donors (Lipinski definition) is 2. The Kier molecular flexibility index (Phi) is 5.80. The molecule has 122 valence electrons. The van der Waals surface area contributed by atoms with Crippen molar-refractivity contribution in [1.82, 2.24) is 10.2 Å². The number of rotatable bonds is 7. The molecule has 0 bridgehead atoms. The van der Waals surface area contributed by atoms with E-state index in [1.807, 2.05) is 31.1 Å². The molecule has 5 heteroatoms. The molecule has 0 aromatic heterocycles. The van der Waals surface area contributed by atoms with Gasteiger partial charge >= 0.3 is 0 Å². The molecular formula is C17H26N2O3. The molecule has 0 atom stereocenters. The highest BCUT2D eigenvalue weighted by atomic mass is 16.5. The first-order valence-electron chi connectivity index (χ1n) is 7.87. The van der Waals surface area contributed by atoms with Gasteiger partial charge in [0, 0.05) is 13.1 Å². The summed E-state index contributed by atoms with van der Waals surface area (Å²) < 4.78 is 5.70. The Morgan fingerprint density at radius 1 is 1.32 bits per heavy atom. The summed E-state index contributed by atoms with van der Waals surface area (Å²) in [7, 11) is 3.95. The first-order valence-corrected chi connectivity index (χ1v) is 7.87. The Bertz CT molecular complexity index is 496. The highest BCUT2D eigenvalue weighted by Crippen LogP contribution is 2.28. The van der Waals surface area contributed by atoms with Crippen molar-refractivity contribution >= 4 is 5.91 Å². The van der Waals surface area contributed by atoms with E-state index in [0.29, 0.717) is 24.5 Å². The summed E-state index contributed by atoms with van der Waals surface area (Å²) in [5, 5.41) is 13.1. The van der Waals surface area contributed by atoms with Gasteiger partial charge in [-0.1, -0.05) is 25.0 Å². The molecule has 1 aliphatic carbocycles. The topological polar surface area (TPSA) is 61.8 Å². The summed E-state index contributed by atoms with van der Waals surface area (Å²) in [6.07, 6.45) is 3.57. The molecule has 0 radical (unpaired) electrons. The third kappa shape index (κ3) is 4.71. The zero-order chi connectivity index (χ0) is 16.0. The van der Waals surface area contributed by atoms with E-state index in [0.717, 1.165) is 32.2 Å². The van der Waals surface area contributed by atoms with Crippen molar-refractivity contribution in [2.45, 2.75) is 31.3 Å². The minimum Gasteiger partial charge on any atom is -0.491 e. The molecule has 1 saturated carbocycles. The van der Waals surface area contributed by atoms with Crippen LogP contribution in [0.4, 0.5) is 0 Å². The summed E-state index contributed by atoms with van der Waals surface area (Å²) in [6.45, 7) is 1.62. The Morgan fingerprint density at radius 2 is 2.00 bits per heavy atom. The summed E-state index contributed by atoms with van der Waals surface area (Å²) in [5.41, 5.74) is -0.223. The summed E-state index contributed by atoms with van der Waals surface area (Å²) in [6, 6.07) is 7.22. The average Bonchev–Trinajstić information content (AvgIpc) is 2.92. The van der Waals surface area contributed by atoms with Crippen molar-refractivity contribution in [2.24, 2.45) is 0 Å². The lowest BCUT2D eigenvalue weighted by molar-refractivity contribution is 0.0449. The monoisotopic (exact) mass is 306 g/mol. The van der Waals surface area contributed by atoms with Crippen molar-refractivity contribution < 1.29 is 14.6 Å². The first kappa shape index (κ1) is 16.8. The van der Waals surface area contributed by atoms with Gasteiger partial charge < -0.3 is 20.1 Å². The number of carbonyl (C=O) groups is 1. The van der Waals surface area contributed by atoms with Crippen molar-refractivity contribution in [3.63, 3.8) is 0 Å². The Balaban J connectivity index is 1.93. The van der Waals surface area contributed by atoms with Gasteiger partial charge in [-0.05, 0) is 39.1 Å². The number of para-hydroxylation sites is 1. The standard InChI is InChI=1S/C17H26N2O3/c1-19(2)11-12-22-15-8-4-3-7-14(15)16(20)18-13-17(21)9-5-6-10-17/h3-4,7-8,21H,5-6,9-13H2,1-2H3,(H,18,20). The van der Waals surface area contributed by atoms with Crippen LogP contribution in [0.2, 0.25) is 0 Å². The zero-order valence-electron chi connectivity index (χ0n) is 13.5. The third-order valence-corrected chi connectivity index (χ3v) is 4.04. The van der Waals surface area contributed by atoms with Gasteiger partial charge in [0.2, 0.25) is 0 Å². The average molecular weight is 306 g/mol. The summed E-state index contributed by atoms with van der Waals surface area (Å²) >= 11 is 0. The Morgan fingerprint density at radius 3 is 2.68 bits per heavy atom. The molecule has 1 aromatic rings. The van der Waals surface area contributed by atoms with Gasteiger partial charge in [-0.3, -0.25) is 4.79 Å². The molecular weight excluding hydrogens is 280 g/mol. The molecule has 0 spiro atoms. The van der Waals surface area contributed by atoms with Crippen LogP contribution in [-0.4, -0.2) is 55.3 Å². The molecule has 1 fully saturated rings. The SMILES string of the molecule is CN(C)CCOc1ccccc1C(=O)NCC1(O)CCCC1. The predicted octanol–water partition coefficient (Wildman–Crippen LogP) is 1.66. The Hall–Kier alpha value is -1.59. The second kappa shape index (κ2) is 7.61. The summed E-state index contributed by atoms with van der Waals surface area (Å²) in [5.74, 6) is 0.390. The normalized spacial score (nSPS) is 16.7. The number of amides is 1. The fourth-order valence-electron chi connectivity index (χ4n) is 2.67. The molecule has 22 heavy (non-hydrogen) atoms. The number of carbonyl (C=O) groups excluding carboxylic acids is 1. The van der Waals surface area contributed by atoms with E-state index in [-0.39, 0.29) is 5.91 Å². The molecule has 0 heterocycles.